The maximum atomic E-state index is 12.1. The van der Waals surface area contributed by atoms with Crippen LogP contribution in [0.15, 0.2) is 12.2 Å². The van der Waals surface area contributed by atoms with Gasteiger partial charge in [-0.05, 0) is 19.3 Å². The van der Waals surface area contributed by atoms with E-state index in [-0.39, 0.29) is 24.2 Å². The highest BCUT2D eigenvalue weighted by Gasteiger charge is 2.42. The summed E-state index contributed by atoms with van der Waals surface area (Å²) in [7, 11) is 0. The van der Waals surface area contributed by atoms with E-state index < -0.39 is 3.12 Å². The molecule has 7 heteroatoms. The molecule has 3 nitrogen and oxygen atoms in total. The summed E-state index contributed by atoms with van der Waals surface area (Å²) >= 11 is 17.5. The van der Waals surface area contributed by atoms with Crippen molar-refractivity contribution >= 4 is 58.6 Å². The molecule has 0 N–H and O–H groups in total. The van der Waals surface area contributed by atoms with Crippen LogP contribution < -0.4 is 0 Å². The van der Waals surface area contributed by atoms with Crippen LogP contribution in [-0.4, -0.2) is 19.2 Å². The first-order valence-electron chi connectivity index (χ1n) is 7.12. The number of imide groups is 1. The number of rotatable bonds is 8. The predicted octanol–water partition coefficient (Wildman–Crippen LogP) is 5.25. The van der Waals surface area contributed by atoms with E-state index in [2.05, 4.69) is 13.0 Å². The molecule has 0 bridgehead atoms. The lowest BCUT2D eigenvalue weighted by atomic mass is 10.0. The van der Waals surface area contributed by atoms with Gasteiger partial charge in [-0.3, -0.25) is 9.59 Å². The molecule has 120 valence electrons. The van der Waals surface area contributed by atoms with Gasteiger partial charge in [-0.2, -0.15) is 0 Å². The van der Waals surface area contributed by atoms with Gasteiger partial charge in [0.15, 0.2) is 0 Å². The van der Waals surface area contributed by atoms with E-state index >= 15 is 0 Å². The molecular formula is C14H20Cl3NO2S. The molecule has 0 aromatic heterocycles. The van der Waals surface area contributed by atoms with Crippen molar-refractivity contribution in [2.45, 2.75) is 55.0 Å². The van der Waals surface area contributed by atoms with Crippen LogP contribution in [0.5, 0.6) is 0 Å². The van der Waals surface area contributed by atoms with Crippen molar-refractivity contribution in [1.29, 1.82) is 0 Å². The molecule has 1 unspecified atom stereocenters. The summed E-state index contributed by atoms with van der Waals surface area (Å²) < 4.78 is -0.720. The van der Waals surface area contributed by atoms with Crippen molar-refractivity contribution in [3.63, 3.8) is 0 Å². The summed E-state index contributed by atoms with van der Waals surface area (Å²) in [4.78, 5) is 23.8. The number of allylic oxidation sites excluding steroid dienone is 2. The average molecular weight is 373 g/mol. The summed E-state index contributed by atoms with van der Waals surface area (Å²) in [6, 6.07) is 0. The van der Waals surface area contributed by atoms with Crippen molar-refractivity contribution in [2.75, 3.05) is 0 Å². The molecule has 0 saturated carbocycles. The van der Waals surface area contributed by atoms with E-state index in [1.165, 1.54) is 19.3 Å². The number of nitrogens with zero attached hydrogens (tertiary/aromatic N) is 1. The monoisotopic (exact) mass is 371 g/mol. The smallest absolute Gasteiger partial charge is 0.256 e. The fourth-order valence-electron chi connectivity index (χ4n) is 2.12. The molecular weight excluding hydrogens is 353 g/mol. The number of amides is 2. The SMILES string of the molecule is CCCCCC/C=C/CC1CC(=O)N(SC(Cl)(Cl)Cl)C1=O. The lowest BCUT2D eigenvalue weighted by molar-refractivity contribution is -0.132. The lowest BCUT2D eigenvalue weighted by Gasteiger charge is -2.17. The van der Waals surface area contributed by atoms with Gasteiger partial charge in [-0.15, -0.1) is 0 Å². The Hall–Kier alpha value is 0.1000. The van der Waals surface area contributed by atoms with Gasteiger partial charge in [0.05, 0.1) is 5.92 Å². The standard InChI is InChI=1S/C14H20Cl3NO2S/c1-2-3-4-5-6-7-8-9-11-10-12(19)18(13(11)20)21-14(15,16)17/h7-8,11H,2-6,9-10H2,1H3/b8-7+. The minimum Gasteiger partial charge on any atom is -0.273 e. The fourth-order valence-corrected chi connectivity index (χ4v) is 3.36. The Labute approximate surface area is 145 Å². The Morgan fingerprint density at radius 1 is 1.24 bits per heavy atom. The number of alkyl halides is 3. The van der Waals surface area contributed by atoms with Crippen molar-refractivity contribution in [2.24, 2.45) is 5.92 Å². The van der Waals surface area contributed by atoms with E-state index in [0.717, 1.165) is 17.1 Å². The highest BCUT2D eigenvalue weighted by Crippen LogP contribution is 2.44. The number of hydrogen-bond donors (Lipinski definition) is 0. The Kier molecular flexibility index (Phi) is 8.47. The Morgan fingerprint density at radius 3 is 2.57 bits per heavy atom. The van der Waals surface area contributed by atoms with E-state index in [0.29, 0.717) is 18.4 Å². The van der Waals surface area contributed by atoms with E-state index in [1.807, 2.05) is 6.08 Å². The second-order valence-electron chi connectivity index (χ2n) is 5.02. The zero-order valence-electron chi connectivity index (χ0n) is 12.0. The highest BCUT2D eigenvalue weighted by atomic mass is 35.6. The molecule has 0 aromatic rings. The third-order valence-corrected chi connectivity index (χ3v) is 4.60. The zero-order valence-corrected chi connectivity index (χ0v) is 15.1. The van der Waals surface area contributed by atoms with E-state index in [1.54, 1.807) is 0 Å². The van der Waals surface area contributed by atoms with Gasteiger partial charge in [0.1, 0.15) is 0 Å². The Bertz CT molecular complexity index is 396. The topological polar surface area (TPSA) is 37.4 Å². The molecule has 1 aliphatic rings. The van der Waals surface area contributed by atoms with Crippen LogP contribution in [0.25, 0.3) is 0 Å². The van der Waals surface area contributed by atoms with Gasteiger partial charge in [0.25, 0.3) is 3.12 Å². The molecule has 21 heavy (non-hydrogen) atoms. The number of carbonyl (C=O) groups excluding carboxylic acids is 2. The number of halogens is 3. The first-order valence-corrected chi connectivity index (χ1v) is 9.03. The molecule has 1 heterocycles. The second-order valence-corrected chi connectivity index (χ2v) is 9.13. The molecule has 0 aromatic carbocycles. The minimum absolute atomic E-state index is 0.187. The van der Waals surface area contributed by atoms with Crippen molar-refractivity contribution in [3.8, 4) is 0 Å². The summed E-state index contributed by atoms with van der Waals surface area (Å²) in [5.74, 6) is -0.895. The lowest BCUT2D eigenvalue weighted by Crippen LogP contribution is -2.26. The summed E-state index contributed by atoms with van der Waals surface area (Å²) in [6.45, 7) is 2.18. The third-order valence-electron chi connectivity index (χ3n) is 3.20. The summed E-state index contributed by atoms with van der Waals surface area (Å²) in [5, 5.41) is 0. The Morgan fingerprint density at radius 2 is 1.95 bits per heavy atom. The molecule has 0 radical (unpaired) electrons. The van der Waals surface area contributed by atoms with Gasteiger partial charge >= 0.3 is 0 Å². The van der Waals surface area contributed by atoms with Crippen LogP contribution in [0, 0.1) is 5.92 Å². The molecule has 1 saturated heterocycles. The number of carbonyl (C=O) groups is 2. The second kappa shape index (κ2) is 9.29. The van der Waals surface area contributed by atoms with Gasteiger partial charge < -0.3 is 0 Å². The zero-order chi connectivity index (χ0) is 15.9. The van der Waals surface area contributed by atoms with E-state index in [4.69, 9.17) is 34.8 Å². The first-order chi connectivity index (χ1) is 9.85. The fraction of sp³-hybridized carbons (Fsp3) is 0.714. The van der Waals surface area contributed by atoms with Gasteiger partial charge in [-0.1, -0.05) is 73.1 Å². The third kappa shape index (κ3) is 7.27. The van der Waals surface area contributed by atoms with Crippen molar-refractivity contribution in [1.82, 2.24) is 4.31 Å². The molecule has 1 aliphatic heterocycles. The van der Waals surface area contributed by atoms with Gasteiger partial charge in [0.2, 0.25) is 11.8 Å². The Balaban J connectivity index is 2.35. The number of unbranched alkanes of at least 4 members (excludes halogenated alkanes) is 4. The highest BCUT2D eigenvalue weighted by molar-refractivity contribution is 8.03. The first kappa shape index (κ1) is 19.1. The maximum Gasteiger partial charge on any atom is 0.256 e. The van der Waals surface area contributed by atoms with Crippen LogP contribution in [0.2, 0.25) is 0 Å². The largest absolute Gasteiger partial charge is 0.273 e. The quantitative estimate of drug-likeness (QED) is 0.192. The molecule has 1 fully saturated rings. The van der Waals surface area contributed by atoms with Crippen LogP contribution in [-0.2, 0) is 9.59 Å². The number of hydrogen-bond acceptors (Lipinski definition) is 3. The van der Waals surface area contributed by atoms with Gasteiger partial charge in [0, 0.05) is 18.4 Å². The minimum atomic E-state index is -1.70. The molecule has 0 aliphatic carbocycles. The van der Waals surface area contributed by atoms with Crippen molar-refractivity contribution in [3.05, 3.63) is 12.2 Å². The molecule has 0 spiro atoms. The van der Waals surface area contributed by atoms with E-state index in [9.17, 15) is 9.59 Å². The molecule has 1 atom stereocenters. The molecule has 2 amide bonds. The van der Waals surface area contributed by atoms with Crippen LogP contribution in [0.1, 0.15) is 51.9 Å². The molecule has 1 rings (SSSR count). The van der Waals surface area contributed by atoms with Crippen LogP contribution in [0.4, 0.5) is 0 Å². The summed E-state index contributed by atoms with van der Waals surface area (Å²) in [6.07, 6.45) is 10.7. The van der Waals surface area contributed by atoms with Crippen LogP contribution in [0.3, 0.4) is 0 Å². The normalized spacial score (nSPS) is 20.0. The van der Waals surface area contributed by atoms with Crippen LogP contribution >= 0.6 is 46.8 Å². The maximum absolute atomic E-state index is 12.1. The summed E-state index contributed by atoms with van der Waals surface area (Å²) in [5.41, 5.74) is 0. The predicted molar refractivity (Wildman–Crippen MR) is 90.4 cm³/mol. The van der Waals surface area contributed by atoms with Crippen molar-refractivity contribution < 1.29 is 9.59 Å². The average Bonchev–Trinajstić information content (AvgIpc) is 2.64. The van der Waals surface area contributed by atoms with Gasteiger partial charge in [-0.25, -0.2) is 4.31 Å².